The molecule has 0 saturated heterocycles. The maximum Gasteiger partial charge on any atom is 0.271 e. The number of thiazole rings is 1. The van der Waals surface area contributed by atoms with Crippen LogP contribution in [0.3, 0.4) is 0 Å². The van der Waals surface area contributed by atoms with Gasteiger partial charge >= 0.3 is 0 Å². The second-order valence-electron chi connectivity index (χ2n) is 5.33. The average Bonchev–Trinajstić information content (AvgIpc) is 3.06. The molecule has 0 atom stereocenters. The van der Waals surface area contributed by atoms with Gasteiger partial charge in [-0.1, -0.05) is 23.7 Å². The third-order valence-corrected chi connectivity index (χ3v) is 4.70. The van der Waals surface area contributed by atoms with Gasteiger partial charge < -0.3 is 0 Å². The molecule has 3 rings (SSSR count). The first kappa shape index (κ1) is 17.2. The van der Waals surface area contributed by atoms with E-state index in [0.29, 0.717) is 5.02 Å². The molecule has 0 radical (unpaired) electrons. The van der Waals surface area contributed by atoms with Crippen molar-refractivity contribution >= 4 is 45.8 Å². The van der Waals surface area contributed by atoms with Gasteiger partial charge in [0.05, 0.1) is 22.0 Å². The van der Waals surface area contributed by atoms with E-state index in [9.17, 15) is 9.59 Å². The number of halogens is 1. The van der Waals surface area contributed by atoms with Crippen molar-refractivity contribution in [3.63, 3.8) is 0 Å². The lowest BCUT2D eigenvalue weighted by Crippen LogP contribution is -2.40. The van der Waals surface area contributed by atoms with Gasteiger partial charge in [0.1, 0.15) is 0 Å². The number of carbonyl (C=O) groups excluding carboxylic acids is 2. The SMILES string of the molecule is Cc1cn2c(/C=C/C(=O)NNC(=O)c3ccccc3Cl)c(C)nc2s1. The topological polar surface area (TPSA) is 75.5 Å². The first-order valence-corrected chi connectivity index (χ1v) is 8.63. The maximum absolute atomic E-state index is 12.0. The minimum atomic E-state index is -0.483. The minimum absolute atomic E-state index is 0.288. The molecule has 128 valence electrons. The van der Waals surface area contributed by atoms with Crippen LogP contribution in [0.1, 0.15) is 26.6 Å². The summed E-state index contributed by atoms with van der Waals surface area (Å²) in [6.07, 6.45) is 4.98. The van der Waals surface area contributed by atoms with E-state index in [2.05, 4.69) is 15.8 Å². The maximum atomic E-state index is 12.0. The molecule has 0 unspecified atom stereocenters. The smallest absolute Gasteiger partial charge is 0.271 e. The molecule has 0 bridgehead atoms. The van der Waals surface area contributed by atoms with Crippen molar-refractivity contribution in [2.24, 2.45) is 0 Å². The van der Waals surface area contributed by atoms with Crippen molar-refractivity contribution in [3.05, 3.63) is 63.4 Å². The number of aromatic nitrogens is 2. The molecule has 6 nitrogen and oxygen atoms in total. The Morgan fingerprint density at radius 1 is 1.24 bits per heavy atom. The predicted octanol–water partition coefficient (Wildman–Crippen LogP) is 3.14. The van der Waals surface area contributed by atoms with Gasteiger partial charge in [-0.3, -0.25) is 24.8 Å². The highest BCUT2D eigenvalue weighted by molar-refractivity contribution is 7.17. The number of carbonyl (C=O) groups is 2. The Morgan fingerprint density at radius 3 is 2.76 bits per heavy atom. The van der Waals surface area contributed by atoms with Crippen LogP contribution in [0.25, 0.3) is 11.0 Å². The van der Waals surface area contributed by atoms with Gasteiger partial charge in [0, 0.05) is 17.2 Å². The zero-order valence-corrected chi connectivity index (χ0v) is 15.1. The van der Waals surface area contributed by atoms with Crippen molar-refractivity contribution in [2.75, 3.05) is 0 Å². The molecule has 2 N–H and O–H groups in total. The predicted molar refractivity (Wildman–Crippen MR) is 98.6 cm³/mol. The summed E-state index contributed by atoms with van der Waals surface area (Å²) in [6.45, 7) is 3.88. The quantitative estimate of drug-likeness (QED) is 0.546. The number of aryl methyl sites for hydroxylation is 2. The number of fused-ring (bicyclic) bond motifs is 1. The Bertz CT molecular complexity index is 990. The van der Waals surface area contributed by atoms with Crippen LogP contribution in [0, 0.1) is 13.8 Å². The molecule has 3 aromatic rings. The van der Waals surface area contributed by atoms with Crippen molar-refractivity contribution in [1.82, 2.24) is 20.2 Å². The largest absolute Gasteiger partial charge is 0.290 e. The van der Waals surface area contributed by atoms with E-state index in [4.69, 9.17) is 11.6 Å². The summed E-state index contributed by atoms with van der Waals surface area (Å²) < 4.78 is 1.93. The fourth-order valence-electron chi connectivity index (χ4n) is 2.31. The van der Waals surface area contributed by atoms with Crippen LogP contribution in [0.2, 0.25) is 5.02 Å². The number of rotatable bonds is 3. The highest BCUT2D eigenvalue weighted by Gasteiger charge is 2.11. The zero-order valence-electron chi connectivity index (χ0n) is 13.5. The van der Waals surface area contributed by atoms with E-state index in [0.717, 1.165) is 21.2 Å². The van der Waals surface area contributed by atoms with E-state index in [-0.39, 0.29) is 5.56 Å². The van der Waals surface area contributed by atoms with Gasteiger partial charge in [-0.25, -0.2) is 4.98 Å². The zero-order chi connectivity index (χ0) is 18.0. The van der Waals surface area contributed by atoms with Crippen LogP contribution in [-0.2, 0) is 4.79 Å². The molecular weight excluding hydrogens is 360 g/mol. The third kappa shape index (κ3) is 3.72. The molecule has 0 spiro atoms. The number of imidazole rings is 1. The Kier molecular flexibility index (Phi) is 4.87. The van der Waals surface area contributed by atoms with E-state index < -0.39 is 11.8 Å². The molecule has 0 fully saturated rings. The van der Waals surface area contributed by atoms with Crippen molar-refractivity contribution in [1.29, 1.82) is 0 Å². The fourth-order valence-corrected chi connectivity index (χ4v) is 3.41. The lowest BCUT2D eigenvalue weighted by molar-refractivity contribution is -0.117. The molecule has 0 aliphatic rings. The highest BCUT2D eigenvalue weighted by atomic mass is 35.5. The molecule has 0 aliphatic carbocycles. The minimum Gasteiger partial charge on any atom is -0.290 e. The van der Waals surface area contributed by atoms with Gasteiger partial charge in [0.2, 0.25) is 0 Å². The molecule has 8 heteroatoms. The summed E-state index contributed by atoms with van der Waals surface area (Å²) in [4.78, 5) is 30.4. The third-order valence-electron chi connectivity index (χ3n) is 3.47. The van der Waals surface area contributed by atoms with Crippen LogP contribution in [0.15, 0.2) is 36.5 Å². The van der Waals surface area contributed by atoms with Crippen LogP contribution in [-0.4, -0.2) is 21.2 Å². The van der Waals surface area contributed by atoms with Crippen LogP contribution in [0.4, 0.5) is 0 Å². The van der Waals surface area contributed by atoms with E-state index in [1.54, 1.807) is 41.7 Å². The highest BCUT2D eigenvalue weighted by Crippen LogP contribution is 2.21. The van der Waals surface area contributed by atoms with Crippen molar-refractivity contribution < 1.29 is 9.59 Å². The molecule has 2 amide bonds. The number of hydrogen-bond acceptors (Lipinski definition) is 4. The molecule has 25 heavy (non-hydrogen) atoms. The molecule has 0 aliphatic heterocycles. The normalized spacial score (nSPS) is 11.2. The Balaban J connectivity index is 1.66. The van der Waals surface area contributed by atoms with E-state index >= 15 is 0 Å². The number of hydrazine groups is 1. The first-order valence-electron chi connectivity index (χ1n) is 7.43. The van der Waals surface area contributed by atoms with Crippen molar-refractivity contribution in [3.8, 4) is 0 Å². The van der Waals surface area contributed by atoms with E-state index in [1.165, 1.54) is 6.08 Å². The molecule has 2 aromatic heterocycles. The summed E-state index contributed by atoms with van der Waals surface area (Å²) in [5.41, 5.74) is 6.61. The van der Waals surface area contributed by atoms with Crippen LogP contribution < -0.4 is 10.9 Å². The van der Waals surface area contributed by atoms with Gasteiger partial charge in [-0.05, 0) is 32.1 Å². The second-order valence-corrected chi connectivity index (χ2v) is 6.95. The summed E-state index contributed by atoms with van der Waals surface area (Å²) in [6, 6.07) is 6.60. The van der Waals surface area contributed by atoms with Crippen LogP contribution >= 0.6 is 22.9 Å². The average molecular weight is 375 g/mol. The lowest BCUT2D eigenvalue weighted by Gasteiger charge is -2.06. The second kappa shape index (κ2) is 7.08. The lowest BCUT2D eigenvalue weighted by atomic mass is 10.2. The Hall–Kier alpha value is -2.64. The van der Waals surface area contributed by atoms with Gasteiger partial charge in [0.25, 0.3) is 11.8 Å². The number of benzene rings is 1. The number of nitrogens with zero attached hydrogens (tertiary/aromatic N) is 2. The molecular formula is C17H15ClN4O2S. The fraction of sp³-hybridized carbons (Fsp3) is 0.118. The van der Waals surface area contributed by atoms with Gasteiger partial charge in [-0.15, -0.1) is 11.3 Å². The number of amides is 2. The summed E-state index contributed by atoms with van der Waals surface area (Å²) in [5.74, 6) is -0.939. The molecule has 2 heterocycles. The molecule has 1 aromatic carbocycles. The van der Waals surface area contributed by atoms with Gasteiger partial charge in [0.15, 0.2) is 4.96 Å². The monoisotopic (exact) mass is 374 g/mol. The number of hydrogen-bond donors (Lipinski definition) is 2. The standard InChI is InChI=1S/C17H15ClN4O2S/c1-10-9-22-14(11(2)19-17(22)25-10)7-8-15(23)20-21-16(24)12-5-3-4-6-13(12)18/h3-9H,1-2H3,(H,20,23)(H,21,24)/b8-7+. The first-order chi connectivity index (χ1) is 12.0. The van der Waals surface area contributed by atoms with Crippen LogP contribution in [0.5, 0.6) is 0 Å². The van der Waals surface area contributed by atoms with E-state index in [1.807, 2.05) is 24.4 Å². The van der Waals surface area contributed by atoms with Gasteiger partial charge in [-0.2, -0.15) is 0 Å². The molecule has 0 saturated carbocycles. The Labute approximate surface area is 153 Å². The Morgan fingerprint density at radius 2 is 2.00 bits per heavy atom. The number of nitrogens with one attached hydrogen (secondary N) is 2. The summed E-state index contributed by atoms with van der Waals surface area (Å²) >= 11 is 7.52. The summed E-state index contributed by atoms with van der Waals surface area (Å²) in [5, 5.41) is 0.315. The summed E-state index contributed by atoms with van der Waals surface area (Å²) in [7, 11) is 0. The van der Waals surface area contributed by atoms with Crippen molar-refractivity contribution in [2.45, 2.75) is 13.8 Å².